The average molecular weight is 399 g/mol. The molecule has 2 aromatic heterocycles. The number of carbonyl (C=O) groups excluding carboxylic acids is 1. The molecule has 4 aromatic rings. The molecule has 0 saturated carbocycles. The van der Waals surface area contributed by atoms with E-state index in [1.807, 2.05) is 47.9 Å². The summed E-state index contributed by atoms with van der Waals surface area (Å²) in [6, 6.07) is 11.4. The molecule has 0 aliphatic carbocycles. The molecule has 4 rings (SSSR count). The lowest BCUT2D eigenvalue weighted by atomic mass is 10.3. The topological polar surface area (TPSA) is 65.7 Å². The van der Waals surface area contributed by atoms with Gasteiger partial charge in [0.15, 0.2) is 9.81 Å². The molecule has 6 nitrogen and oxygen atoms in total. The van der Waals surface area contributed by atoms with Gasteiger partial charge in [0, 0.05) is 12.6 Å². The van der Waals surface area contributed by atoms with E-state index in [1.54, 1.807) is 14.2 Å². The molecule has 0 bridgehead atoms. The zero-order chi connectivity index (χ0) is 19.0. The molecule has 0 aliphatic rings. The second kappa shape index (κ2) is 7.13. The van der Waals surface area contributed by atoms with Crippen LogP contribution in [0.3, 0.4) is 0 Å². The van der Waals surface area contributed by atoms with E-state index < -0.39 is 0 Å². The molecular weight excluding hydrogens is 382 g/mol. The number of amides is 1. The largest absolute Gasteiger partial charge is 0.497 e. The second-order valence-corrected chi connectivity index (χ2v) is 7.75. The number of benzene rings is 2. The van der Waals surface area contributed by atoms with Crippen molar-refractivity contribution in [2.24, 2.45) is 4.99 Å². The van der Waals surface area contributed by atoms with E-state index in [1.165, 1.54) is 22.7 Å². The Morgan fingerprint density at radius 1 is 1.15 bits per heavy atom. The number of fused-ring (bicyclic) bond motifs is 2. The number of aryl methyl sites for hydroxylation is 1. The maximum Gasteiger partial charge on any atom is 0.308 e. The average Bonchev–Trinajstić information content (AvgIpc) is 3.27. The van der Waals surface area contributed by atoms with E-state index in [2.05, 4.69) is 9.98 Å². The SMILES string of the molecule is CCn1c(=NC(=O)c2nc3ccccc3s2)sc2cc(OC)cc(OC)c21. The molecule has 0 atom stereocenters. The monoisotopic (exact) mass is 399 g/mol. The highest BCUT2D eigenvalue weighted by atomic mass is 32.1. The van der Waals surface area contributed by atoms with Crippen LogP contribution in [0.1, 0.15) is 16.7 Å². The van der Waals surface area contributed by atoms with E-state index in [4.69, 9.17) is 9.47 Å². The van der Waals surface area contributed by atoms with Crippen LogP contribution in [0.15, 0.2) is 41.4 Å². The number of ether oxygens (including phenoxy) is 2. The number of thiazole rings is 2. The maximum absolute atomic E-state index is 12.7. The van der Waals surface area contributed by atoms with E-state index >= 15 is 0 Å². The van der Waals surface area contributed by atoms with Gasteiger partial charge in [-0.2, -0.15) is 4.99 Å². The predicted molar refractivity (Wildman–Crippen MR) is 108 cm³/mol. The molecule has 27 heavy (non-hydrogen) atoms. The van der Waals surface area contributed by atoms with E-state index in [9.17, 15) is 4.79 Å². The third kappa shape index (κ3) is 3.11. The van der Waals surface area contributed by atoms with E-state index in [0.717, 1.165) is 20.4 Å². The van der Waals surface area contributed by atoms with Gasteiger partial charge in [-0.3, -0.25) is 4.79 Å². The first kappa shape index (κ1) is 17.7. The number of carbonyl (C=O) groups is 1. The first-order chi connectivity index (χ1) is 13.1. The van der Waals surface area contributed by atoms with Crippen LogP contribution in [0, 0.1) is 0 Å². The van der Waals surface area contributed by atoms with Crippen LogP contribution in [0.4, 0.5) is 0 Å². The van der Waals surface area contributed by atoms with Crippen molar-refractivity contribution in [3.05, 3.63) is 46.2 Å². The molecule has 0 spiro atoms. The smallest absolute Gasteiger partial charge is 0.308 e. The van der Waals surface area contributed by atoms with Crippen molar-refractivity contribution < 1.29 is 14.3 Å². The Balaban J connectivity index is 1.88. The fourth-order valence-corrected chi connectivity index (χ4v) is 4.89. The Kier molecular flexibility index (Phi) is 4.67. The first-order valence-corrected chi connectivity index (χ1v) is 9.98. The van der Waals surface area contributed by atoms with Gasteiger partial charge in [0.2, 0.25) is 0 Å². The highest BCUT2D eigenvalue weighted by Gasteiger charge is 2.16. The zero-order valence-corrected chi connectivity index (χ0v) is 16.7. The van der Waals surface area contributed by atoms with E-state index in [0.29, 0.717) is 27.9 Å². The molecule has 138 valence electrons. The third-order valence-corrected chi connectivity index (χ3v) is 6.21. The second-order valence-electron chi connectivity index (χ2n) is 5.71. The Hall–Kier alpha value is -2.71. The lowest BCUT2D eigenvalue weighted by molar-refractivity contribution is 0.0997. The van der Waals surface area contributed by atoms with Crippen molar-refractivity contribution in [3.63, 3.8) is 0 Å². The van der Waals surface area contributed by atoms with Gasteiger partial charge >= 0.3 is 5.91 Å². The third-order valence-electron chi connectivity index (χ3n) is 4.16. The summed E-state index contributed by atoms with van der Waals surface area (Å²) in [5.41, 5.74) is 1.72. The van der Waals surface area contributed by atoms with Crippen LogP contribution in [-0.2, 0) is 6.54 Å². The standard InChI is InChI=1S/C19H17N3O3S2/c1-4-22-16-13(25-3)9-11(24-2)10-15(16)27-19(22)21-17(23)18-20-12-7-5-6-8-14(12)26-18/h5-10H,4H2,1-3H3. The van der Waals surface area contributed by atoms with Crippen molar-refractivity contribution in [3.8, 4) is 11.5 Å². The van der Waals surface area contributed by atoms with Gasteiger partial charge in [-0.1, -0.05) is 23.5 Å². The van der Waals surface area contributed by atoms with Crippen molar-refractivity contribution in [1.82, 2.24) is 9.55 Å². The number of nitrogens with zero attached hydrogens (tertiary/aromatic N) is 3. The lowest BCUT2D eigenvalue weighted by Crippen LogP contribution is -2.16. The van der Waals surface area contributed by atoms with Crippen LogP contribution >= 0.6 is 22.7 Å². The minimum absolute atomic E-state index is 0.337. The molecule has 0 saturated heterocycles. The summed E-state index contributed by atoms with van der Waals surface area (Å²) in [7, 11) is 3.24. The summed E-state index contributed by atoms with van der Waals surface area (Å²) in [5.74, 6) is 1.06. The van der Waals surface area contributed by atoms with Crippen LogP contribution in [-0.4, -0.2) is 29.7 Å². The van der Waals surface area contributed by atoms with Crippen molar-refractivity contribution >= 4 is 49.0 Å². The molecule has 2 heterocycles. The molecule has 0 aliphatic heterocycles. The Labute approximate surface area is 163 Å². The highest BCUT2D eigenvalue weighted by molar-refractivity contribution is 7.20. The summed E-state index contributed by atoms with van der Waals surface area (Å²) in [6.45, 7) is 2.67. The summed E-state index contributed by atoms with van der Waals surface area (Å²) >= 11 is 2.78. The zero-order valence-electron chi connectivity index (χ0n) is 15.1. The highest BCUT2D eigenvalue weighted by Crippen LogP contribution is 2.32. The minimum atomic E-state index is -0.337. The van der Waals surface area contributed by atoms with Gasteiger partial charge in [0.05, 0.1) is 29.1 Å². The lowest BCUT2D eigenvalue weighted by Gasteiger charge is -2.08. The van der Waals surface area contributed by atoms with Gasteiger partial charge in [0.1, 0.15) is 17.0 Å². The van der Waals surface area contributed by atoms with Crippen LogP contribution in [0.25, 0.3) is 20.4 Å². The Morgan fingerprint density at radius 3 is 2.67 bits per heavy atom. The van der Waals surface area contributed by atoms with Crippen LogP contribution in [0.5, 0.6) is 11.5 Å². The number of rotatable bonds is 4. The number of para-hydroxylation sites is 1. The van der Waals surface area contributed by atoms with E-state index in [-0.39, 0.29) is 5.91 Å². The fraction of sp³-hybridized carbons (Fsp3) is 0.211. The molecule has 0 fully saturated rings. The number of hydrogen-bond donors (Lipinski definition) is 0. The van der Waals surface area contributed by atoms with Gasteiger partial charge in [-0.25, -0.2) is 4.98 Å². The normalized spacial score (nSPS) is 12.0. The molecular formula is C19H17N3O3S2. The fourth-order valence-electron chi connectivity index (χ4n) is 2.90. The number of aromatic nitrogens is 2. The van der Waals surface area contributed by atoms with Gasteiger partial charge in [-0.15, -0.1) is 11.3 Å². The number of hydrogen-bond acceptors (Lipinski definition) is 6. The van der Waals surface area contributed by atoms with Gasteiger partial charge < -0.3 is 14.0 Å². The van der Waals surface area contributed by atoms with Gasteiger partial charge in [0.25, 0.3) is 0 Å². The quantitative estimate of drug-likeness (QED) is 0.518. The molecule has 0 unspecified atom stereocenters. The summed E-state index contributed by atoms with van der Waals surface area (Å²) in [6.07, 6.45) is 0. The summed E-state index contributed by atoms with van der Waals surface area (Å²) in [4.78, 5) is 22.1. The van der Waals surface area contributed by atoms with Crippen molar-refractivity contribution in [2.75, 3.05) is 14.2 Å². The van der Waals surface area contributed by atoms with Gasteiger partial charge in [-0.05, 0) is 25.1 Å². The molecule has 0 N–H and O–H groups in total. The Bertz CT molecular complexity index is 1190. The maximum atomic E-state index is 12.7. The number of methoxy groups -OCH3 is 2. The first-order valence-electron chi connectivity index (χ1n) is 8.34. The molecule has 1 amide bonds. The summed E-state index contributed by atoms with van der Waals surface area (Å²) < 4.78 is 14.8. The van der Waals surface area contributed by atoms with Crippen LogP contribution < -0.4 is 14.3 Å². The Morgan fingerprint density at radius 2 is 1.96 bits per heavy atom. The minimum Gasteiger partial charge on any atom is -0.497 e. The molecule has 8 heteroatoms. The summed E-state index contributed by atoms with van der Waals surface area (Å²) in [5, 5.41) is 0.390. The van der Waals surface area contributed by atoms with Crippen molar-refractivity contribution in [2.45, 2.75) is 13.5 Å². The van der Waals surface area contributed by atoms with Crippen LogP contribution in [0.2, 0.25) is 0 Å². The molecule has 0 radical (unpaired) electrons. The van der Waals surface area contributed by atoms with Crippen molar-refractivity contribution in [1.29, 1.82) is 0 Å². The predicted octanol–water partition coefficient (Wildman–Crippen LogP) is 4.09. The molecule has 2 aromatic carbocycles.